The van der Waals surface area contributed by atoms with Crippen molar-refractivity contribution in [2.45, 2.75) is 254 Å². The highest BCUT2D eigenvalue weighted by atomic mass is 32.2. The number of Topliss-reactive ketones (excluding diaryl/α,β-unsaturated/α-hetero) is 1. The molecule has 0 saturated carbocycles. The van der Waals surface area contributed by atoms with Gasteiger partial charge in [0.1, 0.15) is 78.3 Å². The average molecular weight is 1860 g/mol. The van der Waals surface area contributed by atoms with E-state index in [1.807, 2.05) is 44.2 Å². The number of ketones is 1. The molecule has 0 spiro atoms. The van der Waals surface area contributed by atoms with E-state index in [4.69, 9.17) is 28.7 Å². The number of aromatic hydroxyl groups is 1. The molecule has 5 heterocycles. The number of carbonyl (C=O) groups is 17. The first-order chi connectivity index (χ1) is 63.1. The molecule has 0 aliphatic carbocycles. The third-order valence-corrected chi connectivity index (χ3v) is 25.5. The second-order valence-electron chi connectivity index (χ2n) is 34.3. The number of amides is 16. The molecule has 3 aliphatic heterocycles. The standard InChI is InChI=1S/C91H133N21O19S/c1-8-11-29-71-85(125)102-63(22-10-3)82(122)107-70(81(121)99-48-77(96)117)50-132-51-78(118)100-66(39-53-32-34-57(113)35-33-53)87(127)108(5)52(4)79(119)104-68(44-76(95)116)90(130)111-38-21-31-72(111)86(126)106-69(45-94)84(124)103-65(28-18-20-37-93)89(129)112-49-58(114)43-74(112)75(115)42-54(40-55-46-97-61-25-15-13-23-59(55)61)80(120)101-64(27-17-19-36-92)83(123)105-67(41-56-47-98-62-26-16-14-24-60(56)62)88(128)110(7)73(30-12-9-2)91(131)109(71)6/h13-16,23-26,32-35,46-47,52,54,58,63-74,97-98,113-114H,8-12,17-22,27-31,36-45,48-51,92-94H2,1-7H3,(H2,95,116)(H2,96,117)(H,99,121)(H,100,118)(H,101,120)(H,102,125)(H,103,124)(H,104,119)(H,105,123)(H,106,126)(H,107,122)/t52-,54+,58+,63-,64-,65-,66-,67-,68-,69-,70-,71-,72-,73-,74-/m0/s1. The Hall–Kier alpha value is -12.1. The zero-order valence-corrected chi connectivity index (χ0v) is 77.1. The summed E-state index contributed by atoms with van der Waals surface area (Å²) in [6.45, 7) is 5.36. The number of fused-ring (bicyclic) bond motifs is 4. The van der Waals surface area contributed by atoms with E-state index in [2.05, 4.69) is 57.8 Å². The van der Waals surface area contributed by atoms with Gasteiger partial charge < -0.3 is 121 Å². The van der Waals surface area contributed by atoms with E-state index in [0.717, 1.165) is 26.5 Å². The van der Waals surface area contributed by atoms with Gasteiger partial charge in [0.05, 0.1) is 30.9 Å². The fraction of sp³-hybridized carbons (Fsp3) is 0.571. The number of nitrogens with one attached hydrogen (secondary N) is 11. The number of para-hydroxylation sites is 2. The number of aromatic nitrogens is 2. The topological polar surface area (TPSA) is 617 Å². The van der Waals surface area contributed by atoms with E-state index in [9.17, 15) is 58.2 Å². The summed E-state index contributed by atoms with van der Waals surface area (Å²) in [5, 5.41) is 47.3. The molecule has 5 aromatic rings. The van der Waals surface area contributed by atoms with Gasteiger partial charge in [0.15, 0.2) is 5.78 Å². The van der Waals surface area contributed by atoms with Crippen molar-refractivity contribution in [3.05, 3.63) is 102 Å². The lowest BCUT2D eigenvalue weighted by atomic mass is 9.90. The summed E-state index contributed by atoms with van der Waals surface area (Å²) in [6.07, 6.45) is 3.37. The fourth-order valence-electron chi connectivity index (χ4n) is 16.9. The highest BCUT2D eigenvalue weighted by Gasteiger charge is 2.46. The summed E-state index contributed by atoms with van der Waals surface area (Å²) in [7, 11) is 4.05. The van der Waals surface area contributed by atoms with Crippen LogP contribution in [0.15, 0.2) is 85.2 Å². The molecule has 0 unspecified atom stereocenters. The number of likely N-dealkylation sites (N-methyl/N-ethyl adjacent to an activating group) is 3. The number of nitrogens with zero attached hydrogens (tertiary/aromatic N) is 5. The molecule has 132 heavy (non-hydrogen) atoms. The summed E-state index contributed by atoms with van der Waals surface area (Å²) in [5.41, 5.74) is 32.3. The van der Waals surface area contributed by atoms with Crippen LogP contribution in [0, 0.1) is 5.92 Å². The number of primary amides is 2. The van der Waals surface area contributed by atoms with Gasteiger partial charge >= 0.3 is 0 Å². The van der Waals surface area contributed by atoms with Gasteiger partial charge in [-0.1, -0.05) is 101 Å². The van der Waals surface area contributed by atoms with E-state index in [0.29, 0.717) is 77.0 Å². The van der Waals surface area contributed by atoms with E-state index in [1.165, 1.54) is 62.1 Å². The van der Waals surface area contributed by atoms with Crippen molar-refractivity contribution in [3.8, 4) is 5.75 Å². The zero-order valence-electron chi connectivity index (χ0n) is 76.3. The van der Waals surface area contributed by atoms with E-state index in [1.54, 1.807) is 37.5 Å². The predicted octanol–water partition coefficient (Wildman–Crippen LogP) is -1.09. The summed E-state index contributed by atoms with van der Waals surface area (Å²) < 4.78 is 0. The SMILES string of the molecule is CCCC[C@H]1C(=O)N(C)[C@@H](CCCC)C(=O)N[C@@H](CCC)C(=O)N[C@H](C(=O)NCC(N)=O)CSCC(=O)N[C@@H](Cc2ccc(O)cc2)C(=O)N(C)[C@@H](C)C(=O)N[C@@H](CC(N)=O)C(=O)N2CCC[C@H]2C(=O)N[C@@H](CN)C(=O)N[C@@H](CCCCN)C(=O)N2C[C@H](O)C[C@H]2C(=O)C[C@@H](Cc2c[nH]c3ccccc23)C(=O)N[C@@H](CCCCN)C(=O)N[C@@H](Cc2c[nH]c3ccccc23)C(=O)N1C. The first kappa shape index (κ1) is 105. The highest BCUT2D eigenvalue weighted by molar-refractivity contribution is 8.00. The fourth-order valence-corrected chi connectivity index (χ4v) is 17.7. The van der Waals surface area contributed by atoms with Crippen molar-refractivity contribution in [3.63, 3.8) is 0 Å². The van der Waals surface area contributed by atoms with Gasteiger partial charge in [0, 0.05) is 112 Å². The predicted molar refractivity (Wildman–Crippen MR) is 493 cm³/mol. The van der Waals surface area contributed by atoms with Crippen LogP contribution >= 0.6 is 11.8 Å². The average Bonchev–Trinajstić information content (AvgIpc) is 1.70. The van der Waals surface area contributed by atoms with Gasteiger partial charge in [0.25, 0.3) is 0 Å². The molecular weight excluding hydrogens is 1720 g/mol. The van der Waals surface area contributed by atoms with Crippen molar-refractivity contribution in [1.29, 1.82) is 0 Å². The Morgan fingerprint density at radius 3 is 1.64 bits per heavy atom. The lowest BCUT2D eigenvalue weighted by Gasteiger charge is -2.36. The molecule has 40 nitrogen and oxygen atoms in total. The highest BCUT2D eigenvalue weighted by Crippen LogP contribution is 2.30. The van der Waals surface area contributed by atoms with Crippen LogP contribution in [0.2, 0.25) is 0 Å². The molecule has 3 fully saturated rings. The quantitative estimate of drug-likeness (QED) is 0.0265. The largest absolute Gasteiger partial charge is 0.508 e. The van der Waals surface area contributed by atoms with Crippen LogP contribution in [0.3, 0.4) is 0 Å². The number of unbranched alkanes of at least 4 members (excludes halogenated alkanes) is 4. The van der Waals surface area contributed by atoms with Crippen molar-refractivity contribution < 1.29 is 91.7 Å². The number of thioether (sulfide) groups is 1. The van der Waals surface area contributed by atoms with Crippen LogP contribution in [0.5, 0.6) is 5.75 Å². The molecular formula is C91H133N21O19S. The summed E-state index contributed by atoms with van der Waals surface area (Å²) in [4.78, 5) is 262. The molecule has 23 N–H and O–H groups in total. The monoisotopic (exact) mass is 1860 g/mol. The van der Waals surface area contributed by atoms with Crippen LogP contribution in [-0.2, 0) is 101 Å². The van der Waals surface area contributed by atoms with Gasteiger partial charge in [-0.2, -0.15) is 0 Å². The number of aromatic amines is 2. The van der Waals surface area contributed by atoms with Crippen LogP contribution in [0.1, 0.15) is 166 Å². The Morgan fingerprint density at radius 2 is 1.03 bits per heavy atom. The van der Waals surface area contributed by atoms with Crippen molar-refractivity contribution >= 4 is 134 Å². The number of rotatable bonds is 28. The molecule has 16 amide bonds. The Kier molecular flexibility index (Phi) is 41.2. The number of aliphatic hydroxyl groups is 1. The van der Waals surface area contributed by atoms with Crippen molar-refractivity contribution in [2.24, 2.45) is 34.6 Å². The van der Waals surface area contributed by atoms with Crippen LogP contribution in [-0.4, -0.2) is 302 Å². The number of benzene rings is 3. The van der Waals surface area contributed by atoms with Crippen LogP contribution < -0.4 is 76.5 Å². The third-order valence-electron chi connectivity index (χ3n) is 24.5. The maximum atomic E-state index is 15.9. The number of carbonyl (C=O) groups excluding carboxylic acids is 17. The van der Waals surface area contributed by atoms with Crippen LogP contribution in [0.4, 0.5) is 0 Å². The minimum atomic E-state index is -1.76. The molecule has 3 aliphatic rings. The normalized spacial score (nSPS) is 25.1. The number of hydrogen-bond acceptors (Lipinski definition) is 23. The van der Waals surface area contributed by atoms with Gasteiger partial charge in [-0.25, -0.2) is 0 Å². The number of hydrogen-bond donors (Lipinski definition) is 18. The van der Waals surface area contributed by atoms with Crippen LogP contribution in [0.25, 0.3) is 21.8 Å². The number of H-pyrrole nitrogens is 2. The first-order valence-corrected chi connectivity index (χ1v) is 46.7. The Labute approximate surface area is 771 Å². The first-order valence-electron chi connectivity index (χ1n) is 45.5. The molecule has 41 heteroatoms. The smallest absolute Gasteiger partial charge is 0.246 e. The Morgan fingerprint density at radius 1 is 0.500 bits per heavy atom. The molecule has 3 saturated heterocycles. The maximum absolute atomic E-state index is 15.9. The summed E-state index contributed by atoms with van der Waals surface area (Å²) in [5.74, 6) is -17.0. The lowest BCUT2D eigenvalue weighted by Crippen LogP contribution is -2.61. The maximum Gasteiger partial charge on any atom is 0.246 e. The van der Waals surface area contributed by atoms with Crippen molar-refractivity contribution in [2.75, 3.05) is 71.9 Å². The van der Waals surface area contributed by atoms with E-state index >= 15 is 33.6 Å². The van der Waals surface area contributed by atoms with E-state index < -0.39 is 229 Å². The Balaban J connectivity index is 1.19. The number of nitrogens with two attached hydrogens (primary N) is 5. The molecule has 0 bridgehead atoms. The summed E-state index contributed by atoms with van der Waals surface area (Å²) in [6, 6.07) is 1.13. The van der Waals surface area contributed by atoms with E-state index in [-0.39, 0.29) is 121 Å². The molecule has 0 radical (unpaired) electrons. The minimum absolute atomic E-state index is 0.00415. The number of phenols is 1. The second-order valence-corrected chi connectivity index (χ2v) is 35.3. The van der Waals surface area contributed by atoms with Gasteiger partial charge in [0.2, 0.25) is 94.5 Å². The molecule has 8 rings (SSSR count). The zero-order chi connectivity index (χ0) is 96.6. The van der Waals surface area contributed by atoms with Crippen molar-refractivity contribution in [1.82, 2.24) is 82.3 Å². The van der Waals surface area contributed by atoms with Gasteiger partial charge in [-0.3, -0.25) is 81.5 Å². The molecule has 3 aromatic carbocycles. The molecule has 15 atom stereocenters. The number of phenolic OH excluding ortho intramolecular Hbond substituents is 1. The second kappa shape index (κ2) is 51.7. The molecule has 722 valence electrons. The Bertz CT molecular complexity index is 4860. The lowest BCUT2D eigenvalue weighted by molar-refractivity contribution is -0.149. The third kappa shape index (κ3) is 29.5. The minimum Gasteiger partial charge on any atom is -0.508 e. The van der Waals surface area contributed by atoms with Gasteiger partial charge in [-0.05, 0) is 138 Å². The number of aliphatic hydroxyl groups excluding tert-OH is 1. The summed E-state index contributed by atoms with van der Waals surface area (Å²) >= 11 is 0.803. The van der Waals surface area contributed by atoms with Gasteiger partial charge in [-0.15, -0.1) is 11.8 Å². The molecule has 2 aromatic heterocycles.